The monoisotopic (exact) mass is 193 g/mol. The highest BCUT2D eigenvalue weighted by Gasteiger charge is 2.31. The van der Waals surface area contributed by atoms with E-state index in [0.717, 1.165) is 31.2 Å². The molecule has 0 aliphatic heterocycles. The fourth-order valence-electron chi connectivity index (χ4n) is 2.13. The third kappa shape index (κ3) is 1.44. The molecule has 0 aromatic heterocycles. The van der Waals surface area contributed by atoms with Gasteiger partial charge in [-0.05, 0) is 30.5 Å². The molecule has 2 rings (SSSR count). The first-order chi connectivity index (χ1) is 6.62. The Bertz CT molecular complexity index is 343. The van der Waals surface area contributed by atoms with Gasteiger partial charge in [-0.25, -0.2) is 0 Å². The summed E-state index contributed by atoms with van der Waals surface area (Å²) in [6.45, 7) is 0. The Balaban J connectivity index is 2.36. The van der Waals surface area contributed by atoms with E-state index in [2.05, 4.69) is 0 Å². The number of phenols is 2. The number of hydrogen-bond acceptors (Lipinski definition) is 3. The number of benzene rings is 1. The molecule has 1 saturated carbocycles. The molecule has 0 unspecified atom stereocenters. The lowest BCUT2D eigenvalue weighted by Crippen LogP contribution is -2.32. The normalized spacial score (nSPS) is 19.8. The van der Waals surface area contributed by atoms with E-state index in [1.54, 1.807) is 12.1 Å². The summed E-state index contributed by atoms with van der Waals surface area (Å²) in [5.74, 6) is -0.172. The zero-order chi connectivity index (χ0) is 10.2. The van der Waals surface area contributed by atoms with Gasteiger partial charge in [0.05, 0.1) is 0 Å². The van der Waals surface area contributed by atoms with Crippen molar-refractivity contribution in [2.24, 2.45) is 5.73 Å². The lowest BCUT2D eigenvalue weighted by Gasteiger charge is -2.24. The Morgan fingerprint density at radius 1 is 1.07 bits per heavy atom. The minimum Gasteiger partial charge on any atom is -0.504 e. The van der Waals surface area contributed by atoms with E-state index in [1.807, 2.05) is 0 Å². The first-order valence-corrected chi connectivity index (χ1v) is 4.93. The van der Waals surface area contributed by atoms with E-state index < -0.39 is 0 Å². The highest BCUT2D eigenvalue weighted by Crippen LogP contribution is 2.38. The maximum absolute atomic E-state index is 9.37. The fourth-order valence-corrected chi connectivity index (χ4v) is 2.13. The molecule has 3 nitrogen and oxygen atoms in total. The van der Waals surface area contributed by atoms with Crippen molar-refractivity contribution in [1.29, 1.82) is 0 Å². The standard InChI is InChI=1S/C11H15NO2/c12-11(5-1-2-6-11)8-3-4-9(13)10(14)7-8/h3-4,7,13-14H,1-2,5-6,12H2. The lowest BCUT2D eigenvalue weighted by molar-refractivity contribution is 0.397. The molecule has 4 N–H and O–H groups in total. The van der Waals surface area contributed by atoms with Crippen molar-refractivity contribution in [3.63, 3.8) is 0 Å². The first kappa shape index (κ1) is 9.34. The maximum Gasteiger partial charge on any atom is 0.157 e. The SMILES string of the molecule is NC1(c2ccc(O)c(O)c2)CCCC1. The second-order valence-corrected chi connectivity index (χ2v) is 4.07. The van der Waals surface area contributed by atoms with Crippen molar-refractivity contribution in [2.75, 3.05) is 0 Å². The molecular formula is C11H15NO2. The lowest BCUT2D eigenvalue weighted by atomic mass is 9.89. The second-order valence-electron chi connectivity index (χ2n) is 4.07. The Hall–Kier alpha value is -1.22. The van der Waals surface area contributed by atoms with E-state index in [1.165, 1.54) is 6.07 Å². The van der Waals surface area contributed by atoms with Gasteiger partial charge >= 0.3 is 0 Å². The van der Waals surface area contributed by atoms with Gasteiger partial charge in [0.1, 0.15) is 0 Å². The quantitative estimate of drug-likeness (QED) is 0.596. The predicted molar refractivity (Wildman–Crippen MR) is 54.1 cm³/mol. The van der Waals surface area contributed by atoms with Crippen LogP contribution >= 0.6 is 0 Å². The van der Waals surface area contributed by atoms with Crippen LogP contribution in [0.3, 0.4) is 0 Å². The van der Waals surface area contributed by atoms with Crippen LogP contribution in [0.1, 0.15) is 31.2 Å². The maximum atomic E-state index is 9.37. The van der Waals surface area contributed by atoms with Gasteiger partial charge in [-0.1, -0.05) is 18.9 Å². The van der Waals surface area contributed by atoms with Gasteiger partial charge < -0.3 is 15.9 Å². The van der Waals surface area contributed by atoms with E-state index in [9.17, 15) is 10.2 Å². The van der Waals surface area contributed by atoms with Crippen LogP contribution in [0.2, 0.25) is 0 Å². The topological polar surface area (TPSA) is 66.5 Å². The molecule has 0 heterocycles. The Kier molecular flexibility index (Phi) is 2.11. The van der Waals surface area contributed by atoms with Crippen molar-refractivity contribution in [1.82, 2.24) is 0 Å². The zero-order valence-electron chi connectivity index (χ0n) is 8.03. The number of phenolic OH excluding ortho intramolecular Hbond substituents is 2. The Labute approximate surface area is 83.2 Å². The van der Waals surface area contributed by atoms with Crippen LogP contribution in [0.4, 0.5) is 0 Å². The van der Waals surface area contributed by atoms with Crippen LogP contribution in [0.25, 0.3) is 0 Å². The molecule has 1 aromatic carbocycles. The smallest absolute Gasteiger partial charge is 0.157 e. The number of hydrogen-bond donors (Lipinski definition) is 3. The van der Waals surface area contributed by atoms with Gasteiger partial charge in [0.2, 0.25) is 0 Å². The summed E-state index contributed by atoms with van der Waals surface area (Å²) >= 11 is 0. The molecule has 3 heteroatoms. The molecule has 0 saturated heterocycles. The number of rotatable bonds is 1. The van der Waals surface area contributed by atoms with Crippen LogP contribution in [0.5, 0.6) is 11.5 Å². The molecule has 76 valence electrons. The van der Waals surface area contributed by atoms with Crippen LogP contribution < -0.4 is 5.73 Å². The molecule has 0 atom stereocenters. The molecule has 0 radical (unpaired) electrons. The Morgan fingerprint density at radius 3 is 2.29 bits per heavy atom. The van der Waals surface area contributed by atoms with Crippen LogP contribution in [-0.4, -0.2) is 10.2 Å². The average molecular weight is 193 g/mol. The van der Waals surface area contributed by atoms with Gasteiger partial charge in [0.15, 0.2) is 11.5 Å². The average Bonchev–Trinajstić information content (AvgIpc) is 2.58. The van der Waals surface area contributed by atoms with Crippen molar-refractivity contribution >= 4 is 0 Å². The predicted octanol–water partition coefficient (Wildman–Crippen LogP) is 1.83. The summed E-state index contributed by atoms with van der Waals surface area (Å²) in [4.78, 5) is 0. The highest BCUT2D eigenvalue weighted by molar-refractivity contribution is 5.43. The van der Waals surface area contributed by atoms with Crippen LogP contribution in [0.15, 0.2) is 18.2 Å². The van der Waals surface area contributed by atoms with E-state index in [0.29, 0.717) is 0 Å². The largest absolute Gasteiger partial charge is 0.504 e. The molecule has 0 spiro atoms. The van der Waals surface area contributed by atoms with Crippen LogP contribution in [0, 0.1) is 0 Å². The molecule has 1 aliphatic rings. The van der Waals surface area contributed by atoms with E-state index >= 15 is 0 Å². The zero-order valence-corrected chi connectivity index (χ0v) is 8.03. The molecule has 1 aromatic rings. The highest BCUT2D eigenvalue weighted by atomic mass is 16.3. The summed E-state index contributed by atoms with van der Waals surface area (Å²) in [7, 11) is 0. The minimum atomic E-state index is -0.300. The van der Waals surface area contributed by atoms with Crippen molar-refractivity contribution in [3.8, 4) is 11.5 Å². The minimum absolute atomic E-state index is 0.0841. The summed E-state index contributed by atoms with van der Waals surface area (Å²) in [5.41, 5.74) is 6.83. The first-order valence-electron chi connectivity index (χ1n) is 4.93. The van der Waals surface area contributed by atoms with Crippen LogP contribution in [-0.2, 0) is 5.54 Å². The van der Waals surface area contributed by atoms with Gasteiger partial charge in [0, 0.05) is 5.54 Å². The second kappa shape index (κ2) is 3.17. The molecule has 14 heavy (non-hydrogen) atoms. The molecule has 1 aliphatic carbocycles. The van der Waals surface area contributed by atoms with Gasteiger partial charge in [-0.15, -0.1) is 0 Å². The fraction of sp³-hybridized carbons (Fsp3) is 0.455. The van der Waals surface area contributed by atoms with Gasteiger partial charge in [-0.3, -0.25) is 0 Å². The van der Waals surface area contributed by atoms with Crippen molar-refractivity contribution < 1.29 is 10.2 Å². The summed E-state index contributed by atoms with van der Waals surface area (Å²) in [6.07, 6.45) is 4.19. The van der Waals surface area contributed by atoms with Crippen molar-refractivity contribution in [2.45, 2.75) is 31.2 Å². The summed E-state index contributed by atoms with van der Waals surface area (Å²) in [6, 6.07) is 4.86. The molecular weight excluding hydrogens is 178 g/mol. The van der Waals surface area contributed by atoms with Crippen molar-refractivity contribution in [3.05, 3.63) is 23.8 Å². The molecule has 1 fully saturated rings. The van der Waals surface area contributed by atoms with E-state index in [-0.39, 0.29) is 17.0 Å². The third-order valence-corrected chi connectivity index (χ3v) is 3.05. The van der Waals surface area contributed by atoms with Gasteiger partial charge in [0.25, 0.3) is 0 Å². The summed E-state index contributed by atoms with van der Waals surface area (Å²) in [5, 5.41) is 18.5. The van der Waals surface area contributed by atoms with Gasteiger partial charge in [-0.2, -0.15) is 0 Å². The Morgan fingerprint density at radius 2 is 1.71 bits per heavy atom. The van der Waals surface area contributed by atoms with E-state index in [4.69, 9.17) is 5.73 Å². The molecule has 0 amide bonds. The number of aromatic hydroxyl groups is 2. The number of nitrogens with two attached hydrogens (primary N) is 1. The summed E-state index contributed by atoms with van der Waals surface area (Å²) < 4.78 is 0. The third-order valence-electron chi connectivity index (χ3n) is 3.05. The molecule has 0 bridgehead atoms.